The number of carbonyl (C=O) groups excluding carboxylic acids is 1. The van der Waals surface area contributed by atoms with Crippen LogP contribution >= 0.6 is 0 Å². The Labute approximate surface area is 208 Å². The number of amides is 1. The van der Waals surface area contributed by atoms with Crippen molar-refractivity contribution in [1.29, 1.82) is 0 Å². The highest BCUT2D eigenvalue weighted by molar-refractivity contribution is 6.00. The van der Waals surface area contributed by atoms with Crippen molar-refractivity contribution < 1.29 is 19.4 Å². The van der Waals surface area contributed by atoms with Crippen molar-refractivity contribution in [3.63, 3.8) is 0 Å². The maximum Gasteiger partial charge on any atom is 0.247 e. The maximum absolute atomic E-state index is 13.5. The predicted octanol–water partition coefficient (Wildman–Crippen LogP) is 5.25. The number of aliphatic hydroxyl groups is 1. The van der Waals surface area contributed by atoms with Crippen LogP contribution in [0.1, 0.15) is 36.1 Å². The smallest absolute Gasteiger partial charge is 0.247 e. The van der Waals surface area contributed by atoms with Crippen molar-refractivity contribution in [1.82, 2.24) is 4.90 Å². The molecule has 0 aliphatic carbocycles. The Morgan fingerprint density at radius 2 is 1.66 bits per heavy atom. The first-order chi connectivity index (χ1) is 17.0. The molecule has 0 saturated carbocycles. The molecule has 0 bridgehead atoms. The zero-order valence-electron chi connectivity index (χ0n) is 20.8. The summed E-state index contributed by atoms with van der Waals surface area (Å²) in [7, 11) is 0. The summed E-state index contributed by atoms with van der Waals surface area (Å²) < 4.78 is 11.7. The van der Waals surface area contributed by atoms with E-state index in [4.69, 9.17) is 14.6 Å². The van der Waals surface area contributed by atoms with E-state index in [1.165, 1.54) is 0 Å². The summed E-state index contributed by atoms with van der Waals surface area (Å²) in [6.07, 6.45) is 1.70. The molecule has 0 spiro atoms. The van der Waals surface area contributed by atoms with E-state index >= 15 is 0 Å². The van der Waals surface area contributed by atoms with Crippen molar-refractivity contribution in [2.45, 2.75) is 33.4 Å². The molecule has 0 aromatic heterocycles. The molecule has 0 radical (unpaired) electrons. The molecule has 3 aromatic rings. The standard InChI is InChI=1S/C30H35NO4/c1-23(2)31(16-18-34-19-17-32)30(33)21-27(26-12-8-5-9-13-26)28-20-24(3)14-15-29(28)35-22-25-10-6-4-7-11-25/h4-15,20-21,23,32H,16-19,22H2,1-3H3/b27-21+. The SMILES string of the molecule is Cc1ccc(OCc2ccccc2)c(/C(=C/C(=O)N(CCOCCO)C(C)C)c2ccccc2)c1. The minimum Gasteiger partial charge on any atom is -0.488 e. The van der Waals surface area contributed by atoms with Gasteiger partial charge < -0.3 is 19.5 Å². The van der Waals surface area contributed by atoms with E-state index in [1.807, 2.05) is 93.6 Å². The van der Waals surface area contributed by atoms with Crippen molar-refractivity contribution in [3.05, 3.63) is 107 Å². The third-order valence-corrected chi connectivity index (χ3v) is 5.63. The molecule has 0 fully saturated rings. The molecule has 1 N–H and O–H groups in total. The lowest BCUT2D eigenvalue weighted by Crippen LogP contribution is -2.38. The van der Waals surface area contributed by atoms with E-state index in [0.717, 1.165) is 33.6 Å². The quantitative estimate of drug-likeness (QED) is 0.288. The Bertz CT molecular complexity index is 1090. The van der Waals surface area contributed by atoms with E-state index in [-0.39, 0.29) is 25.2 Å². The van der Waals surface area contributed by atoms with E-state index < -0.39 is 0 Å². The first kappa shape index (κ1) is 26.2. The van der Waals surface area contributed by atoms with Gasteiger partial charge in [-0.05, 0) is 49.6 Å². The van der Waals surface area contributed by atoms with Crippen molar-refractivity contribution in [2.24, 2.45) is 0 Å². The van der Waals surface area contributed by atoms with Crippen molar-refractivity contribution in [3.8, 4) is 5.75 Å². The Balaban J connectivity index is 1.97. The summed E-state index contributed by atoms with van der Waals surface area (Å²) in [6, 6.07) is 26.0. The van der Waals surface area contributed by atoms with Crippen LogP contribution in [-0.4, -0.2) is 48.3 Å². The summed E-state index contributed by atoms with van der Waals surface area (Å²) >= 11 is 0. The van der Waals surface area contributed by atoms with Crippen LogP contribution < -0.4 is 4.74 Å². The Morgan fingerprint density at radius 1 is 0.971 bits per heavy atom. The lowest BCUT2D eigenvalue weighted by molar-refractivity contribution is -0.128. The second-order valence-electron chi connectivity index (χ2n) is 8.66. The number of hydrogen-bond acceptors (Lipinski definition) is 4. The average Bonchev–Trinajstić information content (AvgIpc) is 2.87. The first-order valence-electron chi connectivity index (χ1n) is 12.0. The lowest BCUT2D eigenvalue weighted by Gasteiger charge is -2.26. The summed E-state index contributed by atoms with van der Waals surface area (Å²) in [6.45, 7) is 7.49. The Kier molecular flexibility index (Phi) is 10.1. The van der Waals surface area contributed by atoms with Crippen LogP contribution in [-0.2, 0) is 16.1 Å². The number of rotatable bonds is 12. The minimum absolute atomic E-state index is 0.000176. The Morgan fingerprint density at radius 3 is 2.31 bits per heavy atom. The van der Waals surface area contributed by atoms with Gasteiger partial charge in [0, 0.05) is 24.2 Å². The van der Waals surface area contributed by atoms with Crippen LogP contribution in [0.4, 0.5) is 0 Å². The minimum atomic E-state index is -0.0954. The number of carbonyl (C=O) groups is 1. The van der Waals surface area contributed by atoms with Gasteiger partial charge in [-0.3, -0.25) is 4.79 Å². The largest absolute Gasteiger partial charge is 0.488 e. The predicted molar refractivity (Wildman–Crippen MR) is 140 cm³/mol. The molecular formula is C30H35NO4. The van der Waals surface area contributed by atoms with Gasteiger partial charge in [-0.1, -0.05) is 72.3 Å². The summed E-state index contributed by atoms with van der Waals surface area (Å²) in [4.78, 5) is 15.3. The van der Waals surface area contributed by atoms with Gasteiger partial charge in [-0.25, -0.2) is 0 Å². The van der Waals surface area contributed by atoms with Gasteiger partial charge in [0.15, 0.2) is 0 Å². The summed E-state index contributed by atoms with van der Waals surface area (Å²) in [5, 5.41) is 8.96. The van der Waals surface area contributed by atoms with Gasteiger partial charge in [-0.2, -0.15) is 0 Å². The highest BCUT2D eigenvalue weighted by atomic mass is 16.5. The number of hydrogen-bond donors (Lipinski definition) is 1. The van der Waals surface area contributed by atoms with Gasteiger partial charge in [-0.15, -0.1) is 0 Å². The third kappa shape index (κ3) is 7.81. The van der Waals surface area contributed by atoms with Crippen molar-refractivity contribution in [2.75, 3.05) is 26.4 Å². The molecule has 184 valence electrons. The Hall–Kier alpha value is -3.41. The zero-order chi connectivity index (χ0) is 25.0. The lowest BCUT2D eigenvalue weighted by atomic mass is 9.95. The highest BCUT2D eigenvalue weighted by Gasteiger charge is 2.19. The number of benzene rings is 3. The topological polar surface area (TPSA) is 59.0 Å². The molecule has 0 unspecified atom stereocenters. The maximum atomic E-state index is 13.5. The van der Waals surface area contributed by atoms with E-state index in [2.05, 4.69) is 6.07 Å². The molecule has 3 aromatic carbocycles. The monoisotopic (exact) mass is 473 g/mol. The van der Waals surface area contributed by atoms with Crippen LogP contribution in [0.15, 0.2) is 84.9 Å². The van der Waals surface area contributed by atoms with Gasteiger partial charge in [0.25, 0.3) is 0 Å². The van der Waals surface area contributed by atoms with Gasteiger partial charge >= 0.3 is 0 Å². The van der Waals surface area contributed by atoms with Crippen LogP contribution in [0.3, 0.4) is 0 Å². The van der Waals surface area contributed by atoms with Crippen LogP contribution in [0, 0.1) is 6.92 Å². The van der Waals surface area contributed by atoms with Crippen LogP contribution in [0.5, 0.6) is 5.75 Å². The third-order valence-electron chi connectivity index (χ3n) is 5.63. The molecular weight excluding hydrogens is 438 g/mol. The molecule has 3 rings (SSSR count). The summed E-state index contributed by atoms with van der Waals surface area (Å²) in [5.74, 6) is 0.631. The van der Waals surface area contributed by atoms with E-state index in [1.54, 1.807) is 11.0 Å². The van der Waals surface area contributed by atoms with Crippen LogP contribution in [0.2, 0.25) is 0 Å². The fraction of sp³-hybridized carbons (Fsp3) is 0.300. The number of aliphatic hydroxyl groups excluding tert-OH is 1. The normalized spacial score (nSPS) is 11.5. The van der Waals surface area contributed by atoms with Crippen LogP contribution in [0.25, 0.3) is 5.57 Å². The second kappa shape index (κ2) is 13.5. The van der Waals surface area contributed by atoms with E-state index in [0.29, 0.717) is 19.8 Å². The fourth-order valence-corrected chi connectivity index (χ4v) is 3.81. The fourth-order valence-electron chi connectivity index (χ4n) is 3.81. The number of nitrogens with zero attached hydrogens (tertiary/aromatic N) is 1. The molecule has 0 saturated heterocycles. The van der Waals surface area contributed by atoms with Gasteiger partial charge in [0.05, 0.1) is 19.8 Å². The average molecular weight is 474 g/mol. The highest BCUT2D eigenvalue weighted by Crippen LogP contribution is 2.33. The summed E-state index contributed by atoms with van der Waals surface area (Å²) in [5.41, 5.74) is 4.79. The van der Waals surface area contributed by atoms with E-state index in [9.17, 15) is 4.79 Å². The zero-order valence-corrected chi connectivity index (χ0v) is 20.8. The molecule has 0 aliphatic rings. The molecule has 5 nitrogen and oxygen atoms in total. The molecule has 0 atom stereocenters. The van der Waals surface area contributed by atoms with Crippen molar-refractivity contribution >= 4 is 11.5 Å². The second-order valence-corrected chi connectivity index (χ2v) is 8.66. The number of aryl methyl sites for hydroxylation is 1. The molecule has 35 heavy (non-hydrogen) atoms. The molecule has 0 aliphatic heterocycles. The molecule has 1 amide bonds. The first-order valence-corrected chi connectivity index (χ1v) is 12.0. The number of ether oxygens (including phenoxy) is 2. The molecule has 0 heterocycles. The molecule has 5 heteroatoms. The van der Waals surface area contributed by atoms with Gasteiger partial charge in [0.2, 0.25) is 5.91 Å². The van der Waals surface area contributed by atoms with Gasteiger partial charge in [0.1, 0.15) is 12.4 Å².